The molecule has 2 bridgehead atoms. The fourth-order valence-corrected chi connectivity index (χ4v) is 4.20. The first-order valence-corrected chi connectivity index (χ1v) is 9.53. The predicted octanol–water partition coefficient (Wildman–Crippen LogP) is -0.612. The van der Waals surface area contributed by atoms with Crippen LogP contribution < -0.4 is 5.32 Å². The average Bonchev–Trinajstić information content (AvgIpc) is 3.05. The number of aliphatic hydroxyl groups is 1. The third-order valence-corrected chi connectivity index (χ3v) is 5.61. The van der Waals surface area contributed by atoms with Gasteiger partial charge in [-0.3, -0.25) is 4.55 Å². The SMILES string of the molecule is CNC[C@H](O)c1nnc([C@@H]2CC3(CC3)[C@@H]3CN2C(=O)N3OS(=O)(=O)O)o1. The number of fused-ring (bicyclic) bond motifs is 3. The Morgan fingerprint density at radius 1 is 1.46 bits per heavy atom. The maximum absolute atomic E-state index is 12.6. The van der Waals surface area contributed by atoms with Crippen LogP contribution in [-0.2, 0) is 14.7 Å². The summed E-state index contributed by atoms with van der Waals surface area (Å²) in [5.41, 5.74) is -0.309. The van der Waals surface area contributed by atoms with Gasteiger partial charge in [0.25, 0.3) is 0 Å². The second-order valence-electron chi connectivity index (χ2n) is 6.91. The topological polar surface area (TPSA) is 158 Å². The highest BCUT2D eigenvalue weighted by Gasteiger charge is 2.64. The summed E-state index contributed by atoms with van der Waals surface area (Å²) in [5, 5.41) is 21.3. The fourth-order valence-electron chi connectivity index (χ4n) is 3.83. The van der Waals surface area contributed by atoms with Crippen LogP contribution in [0.3, 0.4) is 0 Å². The van der Waals surface area contributed by atoms with E-state index >= 15 is 0 Å². The number of aromatic nitrogens is 2. The number of carbonyl (C=O) groups is 1. The number of hydrogen-bond donors (Lipinski definition) is 3. The number of amides is 2. The van der Waals surface area contributed by atoms with Gasteiger partial charge in [-0.25, -0.2) is 4.79 Å². The van der Waals surface area contributed by atoms with Crippen LogP contribution in [0.1, 0.15) is 43.2 Å². The number of likely N-dealkylation sites (N-methyl/N-ethyl adjacent to an activating group) is 1. The van der Waals surface area contributed by atoms with Crippen molar-refractivity contribution >= 4 is 16.4 Å². The zero-order chi connectivity index (χ0) is 18.7. The summed E-state index contributed by atoms with van der Waals surface area (Å²) in [6.45, 7) is 0.465. The molecule has 2 saturated heterocycles. The molecule has 0 aromatic carbocycles. The van der Waals surface area contributed by atoms with Crippen LogP contribution in [0, 0.1) is 5.41 Å². The molecule has 1 spiro atoms. The second kappa shape index (κ2) is 5.85. The second-order valence-corrected chi connectivity index (χ2v) is 7.92. The maximum Gasteiger partial charge on any atom is 0.418 e. The van der Waals surface area contributed by atoms with Gasteiger partial charge in [0.15, 0.2) is 0 Å². The lowest BCUT2D eigenvalue weighted by Crippen LogP contribution is -2.43. The number of hydroxylamine groups is 2. The number of rotatable bonds is 6. The lowest BCUT2D eigenvalue weighted by Gasteiger charge is -2.34. The van der Waals surface area contributed by atoms with Crippen molar-refractivity contribution in [3.63, 3.8) is 0 Å². The molecule has 3 heterocycles. The Kier molecular flexibility index (Phi) is 3.96. The van der Waals surface area contributed by atoms with Gasteiger partial charge in [0, 0.05) is 13.1 Å². The Hall–Kier alpha value is -1.80. The van der Waals surface area contributed by atoms with Crippen molar-refractivity contribution < 1.29 is 31.6 Å². The Morgan fingerprint density at radius 2 is 2.19 bits per heavy atom. The molecule has 1 aromatic heterocycles. The van der Waals surface area contributed by atoms with Crippen LogP contribution in [0.5, 0.6) is 0 Å². The molecular formula is C13H19N5O7S. The molecular weight excluding hydrogens is 370 g/mol. The molecule has 3 aliphatic rings. The third kappa shape index (κ3) is 2.85. The van der Waals surface area contributed by atoms with E-state index in [1.54, 1.807) is 7.05 Å². The van der Waals surface area contributed by atoms with Gasteiger partial charge in [-0.2, -0.15) is 13.5 Å². The number of nitrogens with zero attached hydrogens (tertiary/aromatic N) is 4. The average molecular weight is 389 g/mol. The smallest absolute Gasteiger partial charge is 0.418 e. The van der Waals surface area contributed by atoms with Crippen LogP contribution in [0.2, 0.25) is 0 Å². The lowest BCUT2D eigenvalue weighted by molar-refractivity contribution is -0.0530. The van der Waals surface area contributed by atoms with E-state index in [1.807, 2.05) is 0 Å². The van der Waals surface area contributed by atoms with Crippen molar-refractivity contribution in [2.45, 2.75) is 37.5 Å². The Labute approximate surface area is 149 Å². The van der Waals surface area contributed by atoms with E-state index < -0.39 is 34.6 Å². The number of hydrogen-bond acceptors (Lipinski definition) is 9. The molecule has 1 aliphatic carbocycles. The zero-order valence-electron chi connectivity index (χ0n) is 13.9. The van der Waals surface area contributed by atoms with E-state index in [0.29, 0.717) is 6.42 Å². The molecule has 3 fully saturated rings. The van der Waals surface area contributed by atoms with Crippen LogP contribution in [0.25, 0.3) is 0 Å². The number of nitrogens with one attached hydrogen (secondary N) is 1. The van der Waals surface area contributed by atoms with E-state index in [9.17, 15) is 18.3 Å². The van der Waals surface area contributed by atoms with Gasteiger partial charge in [0.05, 0.1) is 6.04 Å². The molecule has 4 rings (SSSR count). The van der Waals surface area contributed by atoms with Crippen molar-refractivity contribution in [2.75, 3.05) is 20.1 Å². The minimum Gasteiger partial charge on any atom is -0.420 e. The quantitative estimate of drug-likeness (QED) is 0.536. The van der Waals surface area contributed by atoms with E-state index in [1.165, 1.54) is 4.90 Å². The Morgan fingerprint density at radius 3 is 2.81 bits per heavy atom. The summed E-state index contributed by atoms with van der Waals surface area (Å²) < 4.78 is 41.2. The monoisotopic (exact) mass is 389 g/mol. The van der Waals surface area contributed by atoms with Gasteiger partial charge in [-0.05, 0) is 31.7 Å². The van der Waals surface area contributed by atoms with Gasteiger partial charge in [0.1, 0.15) is 12.1 Å². The van der Waals surface area contributed by atoms with E-state index in [0.717, 1.165) is 17.9 Å². The van der Waals surface area contributed by atoms with Gasteiger partial charge >= 0.3 is 16.4 Å². The van der Waals surface area contributed by atoms with E-state index in [2.05, 4.69) is 19.8 Å². The van der Waals surface area contributed by atoms with Crippen LogP contribution in [-0.4, -0.2) is 70.4 Å². The molecule has 0 radical (unpaired) electrons. The fraction of sp³-hybridized carbons (Fsp3) is 0.769. The summed E-state index contributed by atoms with van der Waals surface area (Å²) in [6.07, 6.45) is 1.13. The van der Waals surface area contributed by atoms with Gasteiger partial charge in [-0.1, -0.05) is 0 Å². The number of piperidine rings is 1. The van der Waals surface area contributed by atoms with Crippen LogP contribution >= 0.6 is 0 Å². The molecule has 144 valence electrons. The molecule has 26 heavy (non-hydrogen) atoms. The standard InChI is InChI=1S/C13H19N5O7S/c1-14-5-8(19)11-16-15-10(24-11)7-4-13(2-3-13)9-6-17(7)12(20)18(9)25-26(21,22)23/h7-9,14,19H,2-6H2,1H3,(H,21,22,23)/t7-,8-,9-/m0/s1. The number of carbonyl (C=O) groups excluding carboxylic acids is 1. The molecule has 3 atom stereocenters. The Balaban J connectivity index is 1.61. The van der Waals surface area contributed by atoms with Gasteiger partial charge < -0.3 is 19.7 Å². The summed E-state index contributed by atoms with van der Waals surface area (Å²) >= 11 is 0. The first-order valence-electron chi connectivity index (χ1n) is 8.17. The molecule has 13 heteroatoms. The summed E-state index contributed by atoms with van der Waals surface area (Å²) in [4.78, 5) is 14.0. The third-order valence-electron chi connectivity index (χ3n) is 5.26. The minimum atomic E-state index is -4.81. The van der Waals surface area contributed by atoms with Gasteiger partial charge in [-0.15, -0.1) is 14.5 Å². The number of urea groups is 1. The van der Waals surface area contributed by atoms with Crippen molar-refractivity contribution in [3.8, 4) is 0 Å². The first-order chi connectivity index (χ1) is 12.2. The maximum atomic E-state index is 12.6. The normalized spacial score (nSPS) is 28.0. The van der Waals surface area contributed by atoms with Crippen molar-refractivity contribution in [1.29, 1.82) is 0 Å². The molecule has 1 saturated carbocycles. The highest BCUT2D eigenvalue weighted by atomic mass is 32.3. The van der Waals surface area contributed by atoms with Gasteiger partial charge in [0.2, 0.25) is 11.8 Å². The van der Waals surface area contributed by atoms with Crippen molar-refractivity contribution in [2.24, 2.45) is 5.41 Å². The summed E-state index contributed by atoms with van der Waals surface area (Å²) in [7, 11) is -3.14. The van der Waals surface area contributed by atoms with E-state index in [-0.39, 0.29) is 30.3 Å². The molecule has 2 aliphatic heterocycles. The summed E-state index contributed by atoms with van der Waals surface area (Å²) in [5.74, 6) is 0.223. The van der Waals surface area contributed by atoms with E-state index in [4.69, 9.17) is 8.97 Å². The van der Waals surface area contributed by atoms with Crippen LogP contribution in [0.4, 0.5) is 4.79 Å². The highest BCUT2D eigenvalue weighted by Crippen LogP contribution is 2.61. The molecule has 2 amide bonds. The molecule has 0 unspecified atom stereocenters. The first kappa shape index (κ1) is 17.6. The largest absolute Gasteiger partial charge is 0.420 e. The molecule has 1 aromatic rings. The minimum absolute atomic E-state index is 0.0407. The van der Waals surface area contributed by atoms with Crippen molar-refractivity contribution in [3.05, 3.63) is 11.8 Å². The summed E-state index contributed by atoms with van der Waals surface area (Å²) in [6, 6.07) is -1.69. The molecule has 12 nitrogen and oxygen atoms in total. The zero-order valence-corrected chi connectivity index (χ0v) is 14.7. The number of aliphatic hydroxyl groups excluding tert-OH is 1. The molecule has 3 N–H and O–H groups in total. The van der Waals surface area contributed by atoms with Crippen molar-refractivity contribution in [1.82, 2.24) is 25.5 Å². The Bertz CT molecular complexity index is 823. The highest BCUT2D eigenvalue weighted by molar-refractivity contribution is 7.80. The predicted molar refractivity (Wildman–Crippen MR) is 82.6 cm³/mol. The van der Waals surface area contributed by atoms with Crippen LogP contribution in [0.15, 0.2) is 4.42 Å². The lowest BCUT2D eigenvalue weighted by atomic mass is 9.85.